The van der Waals surface area contributed by atoms with E-state index in [1.807, 2.05) is 13.0 Å². The third-order valence-corrected chi connectivity index (χ3v) is 3.31. The number of nitrogens with zero attached hydrogens (tertiary/aromatic N) is 1. The number of thioether (sulfide) groups is 1. The molecule has 0 aliphatic carbocycles. The SMILES string of the molecule is Cc1ocnc1CSc1cccc(C(=O)O)c1. The van der Waals surface area contributed by atoms with Crippen molar-refractivity contribution in [2.45, 2.75) is 17.6 Å². The van der Waals surface area contributed by atoms with E-state index in [2.05, 4.69) is 4.98 Å². The Labute approximate surface area is 103 Å². The zero-order valence-corrected chi connectivity index (χ0v) is 10.0. The van der Waals surface area contributed by atoms with Crippen LogP contribution in [0.4, 0.5) is 0 Å². The average Bonchev–Trinajstić information content (AvgIpc) is 2.72. The number of aromatic carboxylic acids is 1. The van der Waals surface area contributed by atoms with Gasteiger partial charge in [-0.2, -0.15) is 0 Å². The van der Waals surface area contributed by atoms with Gasteiger partial charge in [0.25, 0.3) is 0 Å². The van der Waals surface area contributed by atoms with Crippen molar-refractivity contribution >= 4 is 17.7 Å². The topological polar surface area (TPSA) is 63.3 Å². The predicted octanol–water partition coefficient (Wildman–Crippen LogP) is 2.97. The molecule has 0 aliphatic rings. The molecule has 0 saturated heterocycles. The fourth-order valence-electron chi connectivity index (χ4n) is 1.34. The first-order valence-corrected chi connectivity index (χ1v) is 6.00. The summed E-state index contributed by atoms with van der Waals surface area (Å²) in [6, 6.07) is 6.85. The van der Waals surface area contributed by atoms with E-state index in [4.69, 9.17) is 9.52 Å². The highest BCUT2D eigenvalue weighted by Gasteiger charge is 2.06. The van der Waals surface area contributed by atoms with Crippen LogP contribution in [-0.4, -0.2) is 16.1 Å². The Hall–Kier alpha value is -1.75. The Morgan fingerprint density at radius 2 is 2.35 bits per heavy atom. The van der Waals surface area contributed by atoms with Gasteiger partial charge in [0, 0.05) is 10.6 Å². The molecule has 1 aromatic carbocycles. The minimum Gasteiger partial charge on any atom is -0.478 e. The first kappa shape index (κ1) is 11.7. The normalized spacial score (nSPS) is 10.4. The van der Waals surface area contributed by atoms with Crippen LogP contribution in [0.25, 0.3) is 0 Å². The second-order valence-electron chi connectivity index (χ2n) is 3.48. The number of carboxylic acid groups (broad SMARTS) is 1. The second kappa shape index (κ2) is 5.05. The van der Waals surface area contributed by atoms with Gasteiger partial charge in [-0.05, 0) is 25.1 Å². The van der Waals surface area contributed by atoms with E-state index in [1.54, 1.807) is 18.2 Å². The summed E-state index contributed by atoms with van der Waals surface area (Å²) in [4.78, 5) is 15.8. The van der Waals surface area contributed by atoms with E-state index in [1.165, 1.54) is 18.2 Å². The van der Waals surface area contributed by atoms with Gasteiger partial charge in [0.1, 0.15) is 5.76 Å². The number of aromatic nitrogens is 1. The lowest BCUT2D eigenvalue weighted by Gasteiger charge is -2.01. The molecule has 4 nitrogen and oxygen atoms in total. The maximum atomic E-state index is 10.8. The Morgan fingerprint density at radius 3 is 3.00 bits per heavy atom. The van der Waals surface area contributed by atoms with Gasteiger partial charge in [0.05, 0.1) is 11.3 Å². The number of hydrogen-bond acceptors (Lipinski definition) is 4. The Bertz CT molecular complexity index is 536. The van der Waals surface area contributed by atoms with Crippen molar-refractivity contribution in [3.05, 3.63) is 47.7 Å². The Kier molecular flexibility index (Phi) is 3.49. The molecule has 0 bridgehead atoms. The number of carbonyl (C=O) groups is 1. The molecule has 0 saturated carbocycles. The molecule has 0 spiro atoms. The number of rotatable bonds is 4. The molecule has 2 rings (SSSR count). The van der Waals surface area contributed by atoms with Gasteiger partial charge in [-0.1, -0.05) is 6.07 Å². The molecule has 0 atom stereocenters. The molecule has 1 aromatic heterocycles. The average molecular weight is 249 g/mol. The summed E-state index contributed by atoms with van der Waals surface area (Å²) in [5.41, 5.74) is 1.18. The monoisotopic (exact) mass is 249 g/mol. The molecule has 1 heterocycles. The lowest BCUT2D eigenvalue weighted by atomic mass is 10.2. The van der Waals surface area contributed by atoms with Crippen molar-refractivity contribution in [1.29, 1.82) is 0 Å². The van der Waals surface area contributed by atoms with Crippen LogP contribution in [0.1, 0.15) is 21.8 Å². The van der Waals surface area contributed by atoms with E-state index in [9.17, 15) is 4.79 Å². The van der Waals surface area contributed by atoms with Gasteiger partial charge in [0.15, 0.2) is 6.39 Å². The first-order valence-electron chi connectivity index (χ1n) is 5.02. The van der Waals surface area contributed by atoms with Crippen LogP contribution in [0.5, 0.6) is 0 Å². The predicted molar refractivity (Wildman–Crippen MR) is 64.2 cm³/mol. The fraction of sp³-hybridized carbons (Fsp3) is 0.167. The third-order valence-electron chi connectivity index (χ3n) is 2.30. The Morgan fingerprint density at radius 1 is 1.53 bits per heavy atom. The molecule has 1 N–H and O–H groups in total. The van der Waals surface area contributed by atoms with Crippen LogP contribution in [0.3, 0.4) is 0 Å². The highest BCUT2D eigenvalue weighted by molar-refractivity contribution is 7.98. The molecule has 0 fully saturated rings. The van der Waals surface area contributed by atoms with Crippen molar-refractivity contribution < 1.29 is 14.3 Å². The van der Waals surface area contributed by atoms with Gasteiger partial charge in [0.2, 0.25) is 0 Å². The summed E-state index contributed by atoms with van der Waals surface area (Å²) in [5.74, 6) is 0.558. The molecular weight excluding hydrogens is 238 g/mol. The third kappa shape index (κ3) is 2.88. The van der Waals surface area contributed by atoms with E-state index in [0.29, 0.717) is 11.3 Å². The smallest absolute Gasteiger partial charge is 0.335 e. The highest BCUT2D eigenvalue weighted by atomic mass is 32.2. The highest BCUT2D eigenvalue weighted by Crippen LogP contribution is 2.24. The molecule has 17 heavy (non-hydrogen) atoms. The van der Waals surface area contributed by atoms with E-state index >= 15 is 0 Å². The second-order valence-corrected chi connectivity index (χ2v) is 4.53. The van der Waals surface area contributed by atoms with Crippen LogP contribution in [0.2, 0.25) is 0 Å². The lowest BCUT2D eigenvalue weighted by Crippen LogP contribution is -1.95. The van der Waals surface area contributed by atoms with E-state index in [-0.39, 0.29) is 0 Å². The maximum Gasteiger partial charge on any atom is 0.335 e. The summed E-state index contributed by atoms with van der Waals surface area (Å²) in [6.45, 7) is 1.86. The number of hydrogen-bond donors (Lipinski definition) is 1. The van der Waals surface area contributed by atoms with Crippen LogP contribution in [0, 0.1) is 6.92 Å². The molecule has 2 aromatic rings. The van der Waals surface area contributed by atoms with Gasteiger partial charge in [-0.3, -0.25) is 0 Å². The van der Waals surface area contributed by atoms with Gasteiger partial charge >= 0.3 is 5.97 Å². The summed E-state index contributed by atoms with van der Waals surface area (Å²) in [5, 5.41) is 8.87. The zero-order chi connectivity index (χ0) is 12.3. The van der Waals surface area contributed by atoms with Crippen LogP contribution in [0.15, 0.2) is 40.0 Å². The standard InChI is InChI=1S/C12H11NO3S/c1-8-11(13-7-16-8)6-17-10-4-2-3-9(5-10)12(14)15/h2-5,7H,6H2,1H3,(H,14,15). The van der Waals surface area contributed by atoms with Crippen molar-refractivity contribution in [1.82, 2.24) is 4.98 Å². The summed E-state index contributed by atoms with van der Waals surface area (Å²) in [6.07, 6.45) is 1.42. The molecule has 5 heteroatoms. The van der Waals surface area contributed by atoms with E-state index < -0.39 is 5.97 Å². The largest absolute Gasteiger partial charge is 0.478 e. The molecule has 0 amide bonds. The van der Waals surface area contributed by atoms with E-state index in [0.717, 1.165) is 16.3 Å². The number of benzene rings is 1. The quantitative estimate of drug-likeness (QED) is 0.844. The first-order chi connectivity index (χ1) is 8.16. The minimum atomic E-state index is -0.912. The van der Waals surface area contributed by atoms with Crippen molar-refractivity contribution in [3.8, 4) is 0 Å². The molecule has 88 valence electrons. The zero-order valence-electron chi connectivity index (χ0n) is 9.21. The molecule has 0 aliphatic heterocycles. The summed E-state index contributed by atoms with van der Waals surface area (Å²) in [7, 11) is 0. The lowest BCUT2D eigenvalue weighted by molar-refractivity contribution is 0.0696. The van der Waals surface area contributed by atoms with Crippen LogP contribution < -0.4 is 0 Å². The maximum absolute atomic E-state index is 10.8. The van der Waals surface area contributed by atoms with Crippen molar-refractivity contribution in [3.63, 3.8) is 0 Å². The Balaban J connectivity index is 2.07. The van der Waals surface area contributed by atoms with Crippen molar-refractivity contribution in [2.24, 2.45) is 0 Å². The summed E-state index contributed by atoms with van der Waals surface area (Å²) >= 11 is 1.54. The molecule has 0 unspecified atom stereocenters. The number of aryl methyl sites for hydroxylation is 1. The number of carboxylic acids is 1. The van der Waals surface area contributed by atoms with Gasteiger partial charge in [-0.25, -0.2) is 9.78 Å². The van der Waals surface area contributed by atoms with Crippen LogP contribution >= 0.6 is 11.8 Å². The van der Waals surface area contributed by atoms with Crippen molar-refractivity contribution in [2.75, 3.05) is 0 Å². The molecular formula is C12H11NO3S. The van der Waals surface area contributed by atoms with Gasteiger partial charge in [-0.15, -0.1) is 11.8 Å². The van der Waals surface area contributed by atoms with Gasteiger partial charge < -0.3 is 9.52 Å². The number of oxazole rings is 1. The molecule has 0 radical (unpaired) electrons. The summed E-state index contributed by atoms with van der Waals surface area (Å²) < 4.78 is 5.10. The fourth-order valence-corrected chi connectivity index (χ4v) is 2.30. The van der Waals surface area contributed by atoms with Crippen LogP contribution in [-0.2, 0) is 5.75 Å². The minimum absolute atomic E-state index is 0.298.